The molecule has 2 N–H and O–H groups in total. The Morgan fingerprint density at radius 1 is 1.35 bits per heavy atom. The molecule has 1 heterocycles. The van der Waals surface area contributed by atoms with Crippen molar-refractivity contribution in [1.29, 1.82) is 0 Å². The van der Waals surface area contributed by atoms with Crippen molar-refractivity contribution in [2.24, 2.45) is 11.3 Å². The van der Waals surface area contributed by atoms with E-state index in [1.54, 1.807) is 0 Å². The average Bonchev–Trinajstić information content (AvgIpc) is 2.65. The second-order valence-electron chi connectivity index (χ2n) is 5.10. The summed E-state index contributed by atoms with van der Waals surface area (Å²) in [6, 6.07) is 2.03. The van der Waals surface area contributed by atoms with Crippen molar-refractivity contribution in [3.05, 3.63) is 17.5 Å². The zero-order valence-electron chi connectivity index (χ0n) is 11.3. The van der Waals surface area contributed by atoms with Gasteiger partial charge in [0.15, 0.2) is 0 Å². The minimum absolute atomic E-state index is 0.00485. The van der Waals surface area contributed by atoms with E-state index >= 15 is 0 Å². The topological polar surface area (TPSA) is 58.3 Å². The third-order valence-electron chi connectivity index (χ3n) is 3.67. The Labute approximate surface area is 103 Å². The van der Waals surface area contributed by atoms with E-state index in [0.717, 1.165) is 17.9 Å². The zero-order chi connectivity index (χ0) is 13.1. The number of aryl methyl sites for hydroxylation is 2. The number of nitrogens with zero attached hydrogens (tertiary/aromatic N) is 2. The second-order valence-corrected chi connectivity index (χ2v) is 5.10. The predicted octanol–water partition coefficient (Wildman–Crippen LogP) is 1.38. The van der Waals surface area contributed by atoms with Crippen LogP contribution < -0.4 is 0 Å². The molecule has 0 saturated carbocycles. The minimum atomic E-state index is -0.459. The Morgan fingerprint density at radius 2 is 1.94 bits per heavy atom. The molecule has 1 aromatic rings. The molecule has 0 unspecified atom stereocenters. The number of hydrogen-bond acceptors (Lipinski definition) is 3. The van der Waals surface area contributed by atoms with Crippen LogP contribution in [-0.4, -0.2) is 33.2 Å². The molecule has 0 aliphatic heterocycles. The van der Waals surface area contributed by atoms with Crippen molar-refractivity contribution in [3.8, 4) is 0 Å². The van der Waals surface area contributed by atoms with Gasteiger partial charge in [-0.2, -0.15) is 5.10 Å². The number of aromatic nitrogens is 2. The average molecular weight is 240 g/mol. The first-order valence-corrected chi connectivity index (χ1v) is 6.24. The van der Waals surface area contributed by atoms with Crippen molar-refractivity contribution in [3.63, 3.8) is 0 Å². The van der Waals surface area contributed by atoms with E-state index in [9.17, 15) is 10.2 Å². The van der Waals surface area contributed by atoms with Gasteiger partial charge in [0.1, 0.15) is 0 Å². The molecule has 0 bridgehead atoms. The summed E-state index contributed by atoms with van der Waals surface area (Å²) in [5, 5.41) is 23.6. The highest BCUT2D eigenvalue weighted by Gasteiger charge is 2.34. The molecule has 0 atom stereocenters. The third kappa shape index (κ3) is 2.87. The molecule has 1 rings (SSSR count). The van der Waals surface area contributed by atoms with Gasteiger partial charge in [0.05, 0.1) is 18.9 Å². The van der Waals surface area contributed by atoms with Crippen LogP contribution in [0.4, 0.5) is 0 Å². The fraction of sp³-hybridized carbons (Fsp3) is 0.769. The molecule has 0 aliphatic rings. The summed E-state index contributed by atoms with van der Waals surface area (Å²) in [5.41, 5.74) is 1.61. The Hall–Kier alpha value is -0.870. The first-order chi connectivity index (χ1) is 7.99. The van der Waals surface area contributed by atoms with Crippen LogP contribution in [0, 0.1) is 18.3 Å². The van der Waals surface area contributed by atoms with Gasteiger partial charge in [0.2, 0.25) is 0 Å². The largest absolute Gasteiger partial charge is 0.396 e. The Kier molecular flexibility index (Phi) is 4.71. The van der Waals surface area contributed by atoms with Crippen LogP contribution in [0.3, 0.4) is 0 Å². The van der Waals surface area contributed by atoms with Crippen LogP contribution in [0.1, 0.15) is 32.2 Å². The number of hydrogen-bond donors (Lipinski definition) is 2. The molecular weight excluding hydrogens is 216 g/mol. The standard InChI is InChI=1S/C13H24N2O2/c1-5-15-12(6-11(4)14-15)7-13(8-16,9-17)10(2)3/h6,10,16-17H,5,7-9H2,1-4H3. The molecule has 0 saturated heterocycles. The Morgan fingerprint density at radius 3 is 2.35 bits per heavy atom. The summed E-state index contributed by atoms with van der Waals surface area (Å²) in [7, 11) is 0. The Balaban J connectivity index is 3.00. The lowest BCUT2D eigenvalue weighted by atomic mass is 9.75. The van der Waals surface area contributed by atoms with E-state index in [4.69, 9.17) is 0 Å². The monoisotopic (exact) mass is 240 g/mol. The van der Waals surface area contributed by atoms with Crippen molar-refractivity contribution in [2.45, 2.75) is 40.7 Å². The van der Waals surface area contributed by atoms with Crippen molar-refractivity contribution >= 4 is 0 Å². The molecule has 0 aromatic carbocycles. The van der Waals surface area contributed by atoms with Crippen LogP contribution in [0.15, 0.2) is 6.07 Å². The van der Waals surface area contributed by atoms with E-state index in [-0.39, 0.29) is 19.1 Å². The molecule has 0 spiro atoms. The van der Waals surface area contributed by atoms with Crippen LogP contribution in [0.5, 0.6) is 0 Å². The van der Waals surface area contributed by atoms with Crippen LogP contribution >= 0.6 is 0 Å². The molecule has 0 amide bonds. The predicted molar refractivity (Wildman–Crippen MR) is 67.8 cm³/mol. The zero-order valence-corrected chi connectivity index (χ0v) is 11.3. The smallest absolute Gasteiger partial charge is 0.0596 e. The summed E-state index contributed by atoms with van der Waals surface area (Å²) in [5.74, 6) is 0.220. The highest BCUT2D eigenvalue weighted by atomic mass is 16.3. The molecule has 1 aromatic heterocycles. The van der Waals surface area contributed by atoms with Gasteiger partial charge in [-0.25, -0.2) is 0 Å². The number of aliphatic hydroxyl groups is 2. The van der Waals surface area contributed by atoms with E-state index in [2.05, 4.69) is 5.10 Å². The van der Waals surface area contributed by atoms with Crippen molar-refractivity contribution in [2.75, 3.05) is 13.2 Å². The fourth-order valence-electron chi connectivity index (χ4n) is 2.11. The molecule has 0 aliphatic carbocycles. The highest BCUT2D eigenvalue weighted by molar-refractivity contribution is 5.12. The maximum atomic E-state index is 9.59. The van der Waals surface area contributed by atoms with Crippen molar-refractivity contribution in [1.82, 2.24) is 9.78 Å². The molecule has 4 heteroatoms. The summed E-state index contributed by atoms with van der Waals surface area (Å²) < 4.78 is 1.94. The Bertz CT molecular complexity index is 354. The van der Waals surface area contributed by atoms with Crippen LogP contribution in [0.25, 0.3) is 0 Å². The van der Waals surface area contributed by atoms with Gasteiger partial charge in [-0.15, -0.1) is 0 Å². The third-order valence-corrected chi connectivity index (χ3v) is 3.67. The summed E-state index contributed by atoms with van der Waals surface area (Å²) >= 11 is 0. The maximum Gasteiger partial charge on any atom is 0.0596 e. The SMILES string of the molecule is CCn1nc(C)cc1CC(CO)(CO)C(C)C. The first-order valence-electron chi connectivity index (χ1n) is 6.24. The molecule has 0 radical (unpaired) electrons. The minimum Gasteiger partial charge on any atom is -0.396 e. The van der Waals surface area contributed by atoms with Gasteiger partial charge in [0, 0.05) is 17.7 Å². The van der Waals surface area contributed by atoms with Gasteiger partial charge in [-0.3, -0.25) is 4.68 Å². The number of aliphatic hydroxyl groups excluding tert-OH is 2. The van der Waals surface area contributed by atoms with Gasteiger partial charge in [-0.1, -0.05) is 13.8 Å². The van der Waals surface area contributed by atoms with Gasteiger partial charge in [-0.05, 0) is 32.3 Å². The summed E-state index contributed by atoms with van der Waals surface area (Å²) in [6.45, 7) is 8.88. The highest BCUT2D eigenvalue weighted by Crippen LogP contribution is 2.31. The molecule has 4 nitrogen and oxygen atoms in total. The number of rotatable bonds is 6. The first kappa shape index (κ1) is 14.2. The molecule has 0 fully saturated rings. The fourth-order valence-corrected chi connectivity index (χ4v) is 2.11. The molecular formula is C13H24N2O2. The molecule has 98 valence electrons. The second kappa shape index (κ2) is 5.65. The van der Waals surface area contributed by atoms with E-state index in [1.807, 2.05) is 38.4 Å². The van der Waals surface area contributed by atoms with Gasteiger partial charge < -0.3 is 10.2 Å². The van der Waals surface area contributed by atoms with Crippen LogP contribution in [-0.2, 0) is 13.0 Å². The van der Waals surface area contributed by atoms with E-state index in [0.29, 0.717) is 6.42 Å². The maximum absolute atomic E-state index is 9.59. The van der Waals surface area contributed by atoms with Gasteiger partial charge in [0.25, 0.3) is 0 Å². The van der Waals surface area contributed by atoms with Gasteiger partial charge >= 0.3 is 0 Å². The van der Waals surface area contributed by atoms with Crippen LogP contribution in [0.2, 0.25) is 0 Å². The summed E-state index contributed by atoms with van der Waals surface area (Å²) in [4.78, 5) is 0. The lowest BCUT2D eigenvalue weighted by Gasteiger charge is -2.34. The quantitative estimate of drug-likeness (QED) is 0.790. The van der Waals surface area contributed by atoms with Crippen molar-refractivity contribution < 1.29 is 10.2 Å². The van der Waals surface area contributed by atoms with E-state index in [1.165, 1.54) is 0 Å². The molecule has 17 heavy (non-hydrogen) atoms. The normalized spacial score (nSPS) is 12.4. The van der Waals surface area contributed by atoms with E-state index < -0.39 is 5.41 Å². The lowest BCUT2D eigenvalue weighted by Crippen LogP contribution is -2.38. The summed E-state index contributed by atoms with van der Waals surface area (Å²) in [6.07, 6.45) is 0.659. The lowest BCUT2D eigenvalue weighted by molar-refractivity contribution is 0.0147.